The van der Waals surface area contributed by atoms with Crippen molar-refractivity contribution in [2.75, 3.05) is 5.32 Å². The van der Waals surface area contributed by atoms with E-state index in [1.165, 1.54) is 0 Å². The number of aryl methyl sites for hydroxylation is 3. The van der Waals surface area contributed by atoms with Gasteiger partial charge in [-0.1, -0.05) is 17.7 Å². The van der Waals surface area contributed by atoms with Crippen LogP contribution in [0.3, 0.4) is 0 Å². The van der Waals surface area contributed by atoms with Crippen molar-refractivity contribution in [1.82, 2.24) is 5.32 Å². The highest BCUT2D eigenvalue weighted by Crippen LogP contribution is 2.21. The van der Waals surface area contributed by atoms with Gasteiger partial charge in [0.25, 0.3) is 0 Å². The number of carbonyl (C=O) groups is 3. The maximum atomic E-state index is 11.9. The summed E-state index contributed by atoms with van der Waals surface area (Å²) in [6.07, 6.45) is -0.464. The Morgan fingerprint density at radius 1 is 1.19 bits per heavy atom. The highest BCUT2D eigenvalue weighted by Gasteiger charge is 2.22. The van der Waals surface area contributed by atoms with Crippen LogP contribution in [0, 0.1) is 20.8 Å². The van der Waals surface area contributed by atoms with Gasteiger partial charge in [-0.15, -0.1) is 0 Å². The summed E-state index contributed by atoms with van der Waals surface area (Å²) >= 11 is 0. The molecule has 0 unspecified atom stereocenters. The fourth-order valence-electron chi connectivity index (χ4n) is 2.09. The third kappa shape index (κ3) is 4.79. The molecule has 0 heterocycles. The molecule has 114 valence electrons. The summed E-state index contributed by atoms with van der Waals surface area (Å²) in [4.78, 5) is 33.6. The lowest BCUT2D eigenvalue weighted by Crippen LogP contribution is -2.45. The van der Waals surface area contributed by atoms with Crippen LogP contribution < -0.4 is 16.4 Å². The van der Waals surface area contributed by atoms with Gasteiger partial charge in [-0.3, -0.25) is 4.79 Å². The molecule has 0 spiro atoms. The molecule has 0 aliphatic rings. The van der Waals surface area contributed by atoms with E-state index in [0.717, 1.165) is 16.7 Å². The number of nitrogens with one attached hydrogen (secondary N) is 2. The molecule has 0 saturated carbocycles. The van der Waals surface area contributed by atoms with Crippen LogP contribution in [0.4, 0.5) is 10.5 Å². The summed E-state index contributed by atoms with van der Waals surface area (Å²) in [7, 11) is 0. The van der Waals surface area contributed by atoms with Crippen LogP contribution in [0.5, 0.6) is 0 Å². The second-order valence-electron chi connectivity index (χ2n) is 4.93. The number of rotatable bonds is 5. The molecule has 1 aromatic carbocycles. The molecule has 0 bridgehead atoms. The van der Waals surface area contributed by atoms with Gasteiger partial charge in [0.15, 0.2) is 0 Å². The molecule has 5 N–H and O–H groups in total. The number of primary amides is 1. The van der Waals surface area contributed by atoms with E-state index in [4.69, 9.17) is 10.8 Å². The summed E-state index contributed by atoms with van der Waals surface area (Å²) in [6, 6.07) is 1.76. The molecule has 1 atom stereocenters. The van der Waals surface area contributed by atoms with Crippen molar-refractivity contribution in [3.8, 4) is 0 Å². The van der Waals surface area contributed by atoms with Gasteiger partial charge in [0.1, 0.15) is 6.04 Å². The van der Waals surface area contributed by atoms with E-state index in [2.05, 4.69) is 10.6 Å². The average Bonchev–Trinajstić information content (AvgIpc) is 2.32. The fraction of sp³-hybridized carbons (Fsp3) is 0.357. The third-order valence-electron chi connectivity index (χ3n) is 2.92. The van der Waals surface area contributed by atoms with E-state index in [9.17, 15) is 14.4 Å². The monoisotopic (exact) mass is 293 g/mol. The molecule has 0 fully saturated rings. The second-order valence-corrected chi connectivity index (χ2v) is 4.93. The molecule has 0 aliphatic heterocycles. The number of hydrogen-bond donors (Lipinski definition) is 4. The lowest BCUT2D eigenvalue weighted by Gasteiger charge is -2.16. The lowest BCUT2D eigenvalue weighted by atomic mass is 10.1. The van der Waals surface area contributed by atoms with Crippen molar-refractivity contribution in [1.29, 1.82) is 0 Å². The molecule has 0 aromatic heterocycles. The minimum Gasteiger partial charge on any atom is -0.480 e. The van der Waals surface area contributed by atoms with E-state index in [-0.39, 0.29) is 0 Å². The first kappa shape index (κ1) is 16.5. The summed E-state index contributed by atoms with van der Waals surface area (Å²) in [5, 5.41) is 13.7. The topological polar surface area (TPSA) is 122 Å². The van der Waals surface area contributed by atoms with Gasteiger partial charge in [0.05, 0.1) is 6.42 Å². The predicted octanol–water partition coefficient (Wildman–Crippen LogP) is 1.06. The summed E-state index contributed by atoms with van der Waals surface area (Å²) < 4.78 is 0. The van der Waals surface area contributed by atoms with Crippen molar-refractivity contribution < 1.29 is 19.5 Å². The van der Waals surface area contributed by atoms with Crippen LogP contribution in [0.1, 0.15) is 23.1 Å². The van der Waals surface area contributed by atoms with Crippen molar-refractivity contribution in [3.05, 3.63) is 28.8 Å². The Kier molecular flexibility index (Phi) is 5.29. The van der Waals surface area contributed by atoms with Gasteiger partial charge in [0, 0.05) is 5.69 Å². The van der Waals surface area contributed by atoms with E-state index in [0.29, 0.717) is 5.69 Å². The molecule has 1 aromatic rings. The molecular weight excluding hydrogens is 274 g/mol. The molecule has 0 saturated heterocycles. The van der Waals surface area contributed by atoms with E-state index >= 15 is 0 Å². The third-order valence-corrected chi connectivity index (χ3v) is 2.92. The van der Waals surface area contributed by atoms with Gasteiger partial charge in [-0.2, -0.15) is 0 Å². The number of hydrogen-bond acceptors (Lipinski definition) is 3. The van der Waals surface area contributed by atoms with Gasteiger partial charge < -0.3 is 21.5 Å². The van der Waals surface area contributed by atoms with Crippen LogP contribution >= 0.6 is 0 Å². The average molecular weight is 293 g/mol. The lowest BCUT2D eigenvalue weighted by molar-refractivity contribution is -0.140. The maximum absolute atomic E-state index is 11.9. The zero-order chi connectivity index (χ0) is 16.2. The molecule has 0 aliphatic carbocycles. The van der Waals surface area contributed by atoms with Crippen LogP contribution in [0.15, 0.2) is 12.1 Å². The van der Waals surface area contributed by atoms with E-state index in [1.54, 1.807) is 0 Å². The van der Waals surface area contributed by atoms with Crippen LogP contribution in [0.2, 0.25) is 0 Å². The zero-order valence-electron chi connectivity index (χ0n) is 12.2. The first-order valence-electron chi connectivity index (χ1n) is 6.37. The number of carboxylic acid groups (broad SMARTS) is 1. The number of amides is 3. The number of benzene rings is 1. The summed E-state index contributed by atoms with van der Waals surface area (Å²) in [5.41, 5.74) is 8.36. The molecule has 7 heteroatoms. The molecule has 0 radical (unpaired) electrons. The maximum Gasteiger partial charge on any atom is 0.326 e. The summed E-state index contributed by atoms with van der Waals surface area (Å²) in [6.45, 7) is 5.62. The van der Waals surface area contributed by atoms with Crippen molar-refractivity contribution in [2.45, 2.75) is 33.2 Å². The Morgan fingerprint density at radius 3 is 2.14 bits per heavy atom. The fourth-order valence-corrected chi connectivity index (χ4v) is 2.09. The Hall–Kier alpha value is -2.57. The Morgan fingerprint density at radius 2 is 1.71 bits per heavy atom. The van der Waals surface area contributed by atoms with Crippen LogP contribution in [-0.2, 0) is 9.59 Å². The zero-order valence-corrected chi connectivity index (χ0v) is 12.2. The summed E-state index contributed by atoms with van der Waals surface area (Å²) in [5.74, 6) is -2.12. The predicted molar refractivity (Wildman–Crippen MR) is 78.0 cm³/mol. The minimum atomic E-state index is -1.35. The van der Waals surface area contributed by atoms with E-state index in [1.807, 2.05) is 32.9 Å². The quantitative estimate of drug-likeness (QED) is 0.648. The molecule has 1 rings (SSSR count). The van der Waals surface area contributed by atoms with Crippen LogP contribution in [-0.4, -0.2) is 29.1 Å². The van der Waals surface area contributed by atoms with Crippen molar-refractivity contribution >= 4 is 23.6 Å². The molecule has 7 nitrogen and oxygen atoms in total. The largest absolute Gasteiger partial charge is 0.480 e. The van der Waals surface area contributed by atoms with Crippen LogP contribution in [0.25, 0.3) is 0 Å². The Balaban J connectivity index is 2.82. The number of nitrogens with two attached hydrogens (primary N) is 1. The normalized spacial score (nSPS) is 11.6. The Bertz CT molecular complexity index is 561. The minimum absolute atomic E-state index is 0.464. The van der Waals surface area contributed by atoms with Crippen molar-refractivity contribution in [2.24, 2.45) is 5.73 Å². The number of carboxylic acids is 1. The number of urea groups is 1. The highest BCUT2D eigenvalue weighted by molar-refractivity contribution is 5.94. The number of carbonyl (C=O) groups excluding carboxylic acids is 2. The standard InChI is InChI=1S/C14H19N3O4/c1-7-4-8(2)12(9(3)5-7)17-14(21)16-10(13(19)20)6-11(15)18/h4-5,10H,6H2,1-3H3,(H2,15,18)(H,19,20)(H2,16,17,21)/t10-/m1/s1. The molecule has 21 heavy (non-hydrogen) atoms. The van der Waals surface area contributed by atoms with Crippen molar-refractivity contribution in [3.63, 3.8) is 0 Å². The van der Waals surface area contributed by atoms with E-state index < -0.39 is 30.4 Å². The second kappa shape index (κ2) is 6.74. The number of anilines is 1. The molecular formula is C14H19N3O4. The number of aliphatic carboxylic acids is 1. The highest BCUT2D eigenvalue weighted by atomic mass is 16.4. The SMILES string of the molecule is Cc1cc(C)c(NC(=O)N[C@H](CC(N)=O)C(=O)O)c(C)c1. The van der Waals surface area contributed by atoms with Gasteiger partial charge in [-0.05, 0) is 31.9 Å². The van der Waals surface area contributed by atoms with Gasteiger partial charge >= 0.3 is 12.0 Å². The molecule has 3 amide bonds. The smallest absolute Gasteiger partial charge is 0.326 e. The van der Waals surface area contributed by atoms with Gasteiger partial charge in [0.2, 0.25) is 5.91 Å². The van der Waals surface area contributed by atoms with Gasteiger partial charge in [-0.25, -0.2) is 9.59 Å². The Labute approximate surface area is 122 Å². The first-order chi connectivity index (χ1) is 9.70. The first-order valence-corrected chi connectivity index (χ1v) is 6.37.